The Hall–Kier alpha value is -1.51. The number of carboxylic acids is 2. The second-order valence-corrected chi connectivity index (χ2v) is 11.4. The van der Waals surface area contributed by atoms with Gasteiger partial charge in [0.15, 0.2) is 6.54 Å². The van der Waals surface area contributed by atoms with E-state index in [9.17, 15) is 14.8 Å². The van der Waals surface area contributed by atoms with E-state index >= 15 is 0 Å². The molecule has 0 aromatic carbocycles. The molecule has 3 N–H and O–H groups in total. The van der Waals surface area contributed by atoms with Crippen LogP contribution in [0, 0.1) is 0 Å². The van der Waals surface area contributed by atoms with Gasteiger partial charge < -0.3 is 14.7 Å². The fourth-order valence-corrected chi connectivity index (χ4v) is 4.52. The summed E-state index contributed by atoms with van der Waals surface area (Å²) in [4.78, 5) is 25.2. The molecule has 1 heterocycles. The Morgan fingerprint density at radius 2 is 1.17 bits per heavy atom. The van der Waals surface area contributed by atoms with Crippen molar-refractivity contribution in [2.45, 2.75) is 116 Å². The maximum Gasteiger partial charge on any atom is 0.362 e. The zero-order valence-electron chi connectivity index (χ0n) is 23.8. The molecule has 1 unspecified atom stereocenters. The summed E-state index contributed by atoms with van der Waals surface area (Å²) >= 11 is 0. The van der Waals surface area contributed by atoms with Gasteiger partial charge in [-0.2, -0.15) is 0 Å². The standard InChI is InChI=1S/C23H44N2O3.C5H11NO2/c1-2-3-4-5-6-7-8-9-10-11-12-13-14-15-16-17-18-22-24-19-20-25(22,28)21-23(26)27;1-6(2,3)4-5(7)8/h28H,2-21H2,1H3;4H2,1-3H3/p+2. The molecule has 1 atom stereocenters. The Kier molecular flexibility index (Phi) is 19.7. The number of likely N-dealkylation sites (N-methyl/N-ethyl adjacent to an activating group) is 1. The molecule has 0 aromatic heterocycles. The minimum Gasteiger partial charge on any atom is -0.477 e. The maximum absolute atomic E-state index is 10.9. The molecule has 0 saturated heterocycles. The molecule has 0 amide bonds. The van der Waals surface area contributed by atoms with E-state index in [1.165, 1.54) is 89.9 Å². The van der Waals surface area contributed by atoms with Crippen LogP contribution in [0.5, 0.6) is 0 Å². The highest BCUT2D eigenvalue weighted by Crippen LogP contribution is 2.18. The normalized spacial score (nSPS) is 17.4. The van der Waals surface area contributed by atoms with E-state index in [1.54, 1.807) is 0 Å². The van der Waals surface area contributed by atoms with E-state index in [0.29, 0.717) is 23.4 Å². The van der Waals surface area contributed by atoms with Crippen molar-refractivity contribution in [3.05, 3.63) is 0 Å². The first-order valence-electron chi connectivity index (χ1n) is 14.4. The van der Waals surface area contributed by atoms with Crippen LogP contribution in [0.25, 0.3) is 0 Å². The van der Waals surface area contributed by atoms with E-state index in [1.807, 2.05) is 21.1 Å². The molecule has 1 aliphatic rings. The van der Waals surface area contributed by atoms with Gasteiger partial charge in [-0.25, -0.2) is 19.8 Å². The molecule has 0 fully saturated rings. The first-order chi connectivity index (χ1) is 17.0. The number of unbranched alkanes of at least 4 members (excludes halogenated alkanes) is 15. The van der Waals surface area contributed by atoms with Gasteiger partial charge in [0, 0.05) is 6.42 Å². The second kappa shape index (κ2) is 20.5. The highest BCUT2D eigenvalue weighted by Gasteiger charge is 2.39. The lowest BCUT2D eigenvalue weighted by atomic mass is 10.0. The van der Waals surface area contributed by atoms with Crippen molar-refractivity contribution in [3.8, 4) is 0 Å². The minimum atomic E-state index is -0.968. The lowest BCUT2D eigenvalue weighted by Gasteiger charge is -2.23. The van der Waals surface area contributed by atoms with Crippen molar-refractivity contribution in [1.29, 1.82) is 0 Å². The summed E-state index contributed by atoms with van der Waals surface area (Å²) in [6.45, 7) is 3.13. The van der Waals surface area contributed by atoms with Crippen LogP contribution in [-0.4, -0.2) is 89.6 Å². The third-order valence-electron chi connectivity index (χ3n) is 6.51. The van der Waals surface area contributed by atoms with Crippen molar-refractivity contribution >= 4 is 17.8 Å². The molecule has 0 spiro atoms. The number of hydrogen-bond acceptors (Lipinski definition) is 4. The van der Waals surface area contributed by atoms with E-state index in [2.05, 4.69) is 11.9 Å². The van der Waals surface area contributed by atoms with Crippen molar-refractivity contribution < 1.29 is 34.1 Å². The van der Waals surface area contributed by atoms with E-state index in [0.717, 1.165) is 19.3 Å². The summed E-state index contributed by atoms with van der Waals surface area (Å²) in [7, 11) is 5.52. The van der Waals surface area contributed by atoms with Crippen LogP contribution in [0.15, 0.2) is 4.99 Å². The highest BCUT2D eigenvalue weighted by molar-refractivity contribution is 5.79. The summed E-state index contributed by atoms with van der Waals surface area (Å²) < 4.78 is 0.00338. The Balaban J connectivity index is 0.00000131. The van der Waals surface area contributed by atoms with Gasteiger partial charge in [0.25, 0.3) is 0 Å². The van der Waals surface area contributed by atoms with Crippen LogP contribution in [0.4, 0.5) is 0 Å². The van der Waals surface area contributed by atoms with Crippen molar-refractivity contribution in [2.75, 3.05) is 47.3 Å². The third-order valence-corrected chi connectivity index (χ3v) is 6.51. The topological polar surface area (TPSA) is 107 Å². The predicted molar refractivity (Wildman–Crippen MR) is 146 cm³/mol. The fourth-order valence-electron chi connectivity index (χ4n) is 4.52. The number of rotatable bonds is 21. The molecule has 8 nitrogen and oxygen atoms in total. The monoisotopic (exact) mass is 515 g/mol. The lowest BCUT2D eigenvalue weighted by Crippen LogP contribution is -2.50. The third kappa shape index (κ3) is 20.7. The first-order valence-corrected chi connectivity index (χ1v) is 14.4. The summed E-state index contributed by atoms with van der Waals surface area (Å²) in [6, 6.07) is 0. The number of quaternary nitrogens is 2. The van der Waals surface area contributed by atoms with Crippen molar-refractivity contribution in [1.82, 2.24) is 0 Å². The van der Waals surface area contributed by atoms with Gasteiger partial charge in [-0.05, 0) is 6.42 Å². The van der Waals surface area contributed by atoms with Crippen LogP contribution in [0.2, 0.25) is 0 Å². The maximum atomic E-state index is 10.9. The molecular formula is C28H57N3O5+2. The van der Waals surface area contributed by atoms with Crippen molar-refractivity contribution in [3.63, 3.8) is 0 Å². The number of nitrogens with zero attached hydrogens (tertiary/aromatic N) is 3. The lowest BCUT2D eigenvalue weighted by molar-refractivity contribution is -1.02. The molecule has 0 aromatic rings. The van der Waals surface area contributed by atoms with Gasteiger partial charge in [0.1, 0.15) is 6.54 Å². The van der Waals surface area contributed by atoms with Gasteiger partial charge in [-0.1, -0.05) is 103 Å². The van der Waals surface area contributed by atoms with Crippen LogP contribution < -0.4 is 0 Å². The number of carboxylic acid groups (broad SMARTS) is 2. The Bertz CT molecular complexity index is 619. The fraction of sp³-hybridized carbons (Fsp3) is 0.893. The summed E-state index contributed by atoms with van der Waals surface area (Å²) in [5, 5.41) is 27.5. The van der Waals surface area contributed by atoms with E-state index in [-0.39, 0.29) is 13.1 Å². The largest absolute Gasteiger partial charge is 0.477 e. The van der Waals surface area contributed by atoms with Gasteiger partial charge in [-0.3, -0.25) is 0 Å². The quantitative estimate of drug-likeness (QED) is 0.126. The Morgan fingerprint density at radius 3 is 1.50 bits per heavy atom. The second-order valence-electron chi connectivity index (χ2n) is 11.4. The molecule has 0 aliphatic carbocycles. The molecule has 36 heavy (non-hydrogen) atoms. The molecule has 0 bridgehead atoms. The number of amidine groups is 1. The van der Waals surface area contributed by atoms with Crippen LogP contribution in [0.3, 0.4) is 0 Å². The van der Waals surface area contributed by atoms with Gasteiger partial charge in [0.2, 0.25) is 12.4 Å². The van der Waals surface area contributed by atoms with Crippen LogP contribution in [-0.2, 0) is 9.59 Å². The average molecular weight is 516 g/mol. The molecule has 0 radical (unpaired) electrons. The zero-order chi connectivity index (χ0) is 27.3. The van der Waals surface area contributed by atoms with Crippen LogP contribution >= 0.6 is 0 Å². The molecule has 212 valence electrons. The number of hydrogen-bond donors (Lipinski definition) is 3. The number of hydroxylamine groups is 3. The number of aliphatic carboxylic acids is 2. The highest BCUT2D eigenvalue weighted by atomic mass is 16.6. The molecule has 1 aliphatic heterocycles. The van der Waals surface area contributed by atoms with Gasteiger partial charge >= 0.3 is 11.9 Å². The molecule has 8 heteroatoms. The predicted octanol–water partition coefficient (Wildman–Crippen LogP) is 6.12. The molecular weight excluding hydrogens is 458 g/mol. The Morgan fingerprint density at radius 1 is 0.750 bits per heavy atom. The Labute approximate surface area is 220 Å². The van der Waals surface area contributed by atoms with E-state index in [4.69, 9.17) is 10.2 Å². The van der Waals surface area contributed by atoms with Crippen LogP contribution in [0.1, 0.15) is 116 Å². The summed E-state index contributed by atoms with van der Waals surface area (Å²) in [6.07, 6.45) is 22.1. The summed E-state index contributed by atoms with van der Waals surface area (Å²) in [5.74, 6) is -1.06. The van der Waals surface area contributed by atoms with Gasteiger partial charge in [0.05, 0.1) is 27.7 Å². The number of carbonyl (C=O) groups is 2. The van der Waals surface area contributed by atoms with Crippen molar-refractivity contribution in [2.24, 2.45) is 4.99 Å². The van der Waals surface area contributed by atoms with Gasteiger partial charge in [-0.15, -0.1) is 4.65 Å². The smallest absolute Gasteiger partial charge is 0.362 e. The zero-order valence-corrected chi connectivity index (χ0v) is 23.8. The first kappa shape index (κ1) is 34.5. The molecule has 0 saturated carbocycles. The minimum absolute atomic E-state index is 0.181. The SMILES string of the molecule is CCCCCCCCCCCCCCCCCCC1=NCC[N+]1(O)CC(=O)O.C[N+](C)(C)CC(=O)O. The van der Waals surface area contributed by atoms with E-state index < -0.39 is 16.6 Å². The summed E-state index contributed by atoms with van der Waals surface area (Å²) in [5.41, 5.74) is 0. The molecule has 1 rings (SSSR count). The number of aliphatic imine (C=N–C) groups is 1. The average Bonchev–Trinajstić information content (AvgIpc) is 3.11.